The van der Waals surface area contributed by atoms with Gasteiger partial charge < -0.3 is 9.80 Å². The van der Waals surface area contributed by atoms with Crippen molar-refractivity contribution in [2.75, 3.05) is 20.1 Å². The average Bonchev–Trinajstić information content (AvgIpc) is 3.47. The SMILES string of the molecule is CN1C(=O)CCC[C@]12CN(C(=O)c1ccccc1Cn1cccn1)C[C@H]2c1ccc(F)cc1. The number of halogens is 1. The Labute approximate surface area is 192 Å². The van der Waals surface area contributed by atoms with Crippen LogP contribution in [-0.2, 0) is 11.3 Å². The summed E-state index contributed by atoms with van der Waals surface area (Å²) in [5, 5.41) is 4.27. The van der Waals surface area contributed by atoms with Gasteiger partial charge in [-0.05, 0) is 48.2 Å². The summed E-state index contributed by atoms with van der Waals surface area (Å²) in [5.41, 5.74) is 2.02. The molecule has 2 saturated heterocycles. The van der Waals surface area contributed by atoms with E-state index >= 15 is 0 Å². The average molecular weight is 447 g/mol. The summed E-state index contributed by atoms with van der Waals surface area (Å²) < 4.78 is 15.4. The molecule has 2 aliphatic heterocycles. The second-order valence-corrected chi connectivity index (χ2v) is 9.06. The second kappa shape index (κ2) is 8.46. The van der Waals surface area contributed by atoms with Crippen LogP contribution in [0.3, 0.4) is 0 Å². The molecule has 2 aliphatic rings. The van der Waals surface area contributed by atoms with Crippen molar-refractivity contribution in [1.82, 2.24) is 19.6 Å². The van der Waals surface area contributed by atoms with Crippen molar-refractivity contribution in [1.29, 1.82) is 0 Å². The minimum Gasteiger partial charge on any atom is -0.338 e. The minimum atomic E-state index is -0.486. The molecular formula is C26H27FN4O2. The van der Waals surface area contributed by atoms with Gasteiger partial charge in [0.05, 0.1) is 12.1 Å². The number of carbonyl (C=O) groups excluding carboxylic acids is 2. The number of hydrogen-bond acceptors (Lipinski definition) is 3. The van der Waals surface area contributed by atoms with Crippen molar-refractivity contribution >= 4 is 11.8 Å². The summed E-state index contributed by atoms with van der Waals surface area (Å²) >= 11 is 0. The quantitative estimate of drug-likeness (QED) is 0.614. The van der Waals surface area contributed by atoms with Crippen LogP contribution in [0.15, 0.2) is 67.0 Å². The van der Waals surface area contributed by atoms with Crippen LogP contribution in [0.25, 0.3) is 0 Å². The predicted molar refractivity (Wildman–Crippen MR) is 122 cm³/mol. The molecule has 2 aromatic carbocycles. The Morgan fingerprint density at radius 3 is 2.70 bits per heavy atom. The number of likely N-dealkylation sites (N-methyl/N-ethyl adjacent to an activating group) is 1. The Balaban J connectivity index is 1.49. The van der Waals surface area contributed by atoms with Gasteiger partial charge in [-0.3, -0.25) is 14.3 Å². The number of hydrogen-bond donors (Lipinski definition) is 0. The predicted octanol–water partition coefficient (Wildman–Crippen LogP) is 3.69. The molecule has 6 nitrogen and oxygen atoms in total. The van der Waals surface area contributed by atoms with Crippen LogP contribution >= 0.6 is 0 Å². The van der Waals surface area contributed by atoms with Crippen molar-refractivity contribution in [3.8, 4) is 0 Å². The van der Waals surface area contributed by atoms with Gasteiger partial charge in [-0.15, -0.1) is 0 Å². The molecule has 0 bridgehead atoms. The summed E-state index contributed by atoms with van der Waals surface area (Å²) in [6.07, 6.45) is 5.72. The third-order valence-electron chi connectivity index (χ3n) is 7.26. The molecule has 2 atom stereocenters. The van der Waals surface area contributed by atoms with E-state index in [1.54, 1.807) is 23.0 Å². The number of carbonyl (C=O) groups is 2. The summed E-state index contributed by atoms with van der Waals surface area (Å²) in [6.45, 7) is 1.46. The van der Waals surface area contributed by atoms with Gasteiger partial charge >= 0.3 is 0 Å². The topological polar surface area (TPSA) is 58.4 Å². The lowest BCUT2D eigenvalue weighted by atomic mass is 9.75. The highest BCUT2D eigenvalue weighted by Crippen LogP contribution is 2.46. The van der Waals surface area contributed by atoms with Crippen LogP contribution in [0.4, 0.5) is 4.39 Å². The van der Waals surface area contributed by atoms with Crippen LogP contribution in [-0.4, -0.2) is 57.1 Å². The molecular weight excluding hydrogens is 419 g/mol. The van der Waals surface area contributed by atoms with E-state index in [-0.39, 0.29) is 23.5 Å². The lowest BCUT2D eigenvalue weighted by molar-refractivity contribution is -0.139. The number of piperidine rings is 1. The van der Waals surface area contributed by atoms with E-state index < -0.39 is 5.54 Å². The molecule has 0 radical (unpaired) electrons. The second-order valence-electron chi connectivity index (χ2n) is 9.06. The van der Waals surface area contributed by atoms with Gasteiger partial charge in [0.1, 0.15) is 5.82 Å². The number of likely N-dealkylation sites (tertiary alicyclic amines) is 2. The number of nitrogens with zero attached hydrogens (tertiary/aromatic N) is 4. The molecule has 3 heterocycles. The molecule has 1 spiro atoms. The van der Waals surface area contributed by atoms with Gasteiger partial charge in [-0.1, -0.05) is 30.3 Å². The monoisotopic (exact) mass is 446 g/mol. The molecule has 3 aromatic rings. The van der Waals surface area contributed by atoms with E-state index in [0.29, 0.717) is 31.6 Å². The largest absolute Gasteiger partial charge is 0.338 e. The maximum atomic E-state index is 13.8. The maximum absolute atomic E-state index is 13.8. The normalized spacial score (nSPS) is 22.8. The molecule has 0 saturated carbocycles. The van der Waals surface area contributed by atoms with Gasteiger partial charge in [0, 0.05) is 50.4 Å². The van der Waals surface area contributed by atoms with Crippen molar-refractivity contribution < 1.29 is 14.0 Å². The molecule has 1 aromatic heterocycles. The third-order valence-corrected chi connectivity index (χ3v) is 7.26. The van der Waals surface area contributed by atoms with Gasteiger partial charge in [-0.25, -0.2) is 4.39 Å². The van der Waals surface area contributed by atoms with Crippen molar-refractivity contribution in [2.24, 2.45) is 0 Å². The lowest BCUT2D eigenvalue weighted by Gasteiger charge is -2.46. The van der Waals surface area contributed by atoms with E-state index in [4.69, 9.17) is 0 Å². The Morgan fingerprint density at radius 2 is 1.94 bits per heavy atom. The molecule has 0 N–H and O–H groups in total. The molecule has 2 amide bonds. The standard InChI is InChI=1S/C26H27FN4O2/c1-29-24(32)8-4-13-26(29)18-30(17-23(26)19-9-11-21(27)12-10-19)25(33)22-7-3-2-6-20(22)16-31-15-5-14-28-31/h2-3,5-7,9-12,14-15,23H,4,8,13,16-18H2,1H3/t23-,26+/m0/s1. The summed E-state index contributed by atoms with van der Waals surface area (Å²) in [5.74, 6) is -0.316. The Hall–Kier alpha value is -3.48. The molecule has 0 unspecified atom stereocenters. The van der Waals surface area contributed by atoms with E-state index in [9.17, 15) is 14.0 Å². The van der Waals surface area contributed by atoms with E-state index in [0.717, 1.165) is 24.0 Å². The van der Waals surface area contributed by atoms with Gasteiger partial charge in [0.2, 0.25) is 5.91 Å². The fourth-order valence-electron chi connectivity index (χ4n) is 5.49. The van der Waals surface area contributed by atoms with E-state index in [2.05, 4.69) is 5.10 Å². The summed E-state index contributed by atoms with van der Waals surface area (Å²) in [4.78, 5) is 30.2. The van der Waals surface area contributed by atoms with E-state index in [1.165, 1.54) is 12.1 Å². The van der Waals surface area contributed by atoms with Crippen LogP contribution in [0.2, 0.25) is 0 Å². The first-order valence-electron chi connectivity index (χ1n) is 11.3. The first-order chi connectivity index (χ1) is 16.0. The smallest absolute Gasteiger partial charge is 0.254 e. The first-order valence-corrected chi connectivity index (χ1v) is 11.3. The summed E-state index contributed by atoms with van der Waals surface area (Å²) in [6, 6.07) is 16.0. The molecule has 170 valence electrons. The highest BCUT2D eigenvalue weighted by atomic mass is 19.1. The van der Waals surface area contributed by atoms with Crippen LogP contribution in [0.1, 0.15) is 46.7 Å². The minimum absolute atomic E-state index is 0.0480. The van der Waals surface area contributed by atoms with Crippen LogP contribution < -0.4 is 0 Å². The maximum Gasteiger partial charge on any atom is 0.254 e. The van der Waals surface area contributed by atoms with Crippen LogP contribution in [0, 0.1) is 5.82 Å². The molecule has 33 heavy (non-hydrogen) atoms. The Morgan fingerprint density at radius 1 is 1.15 bits per heavy atom. The number of rotatable bonds is 4. The molecule has 7 heteroatoms. The zero-order chi connectivity index (χ0) is 23.0. The number of benzene rings is 2. The van der Waals surface area contributed by atoms with Crippen molar-refractivity contribution in [3.05, 3.63) is 89.5 Å². The molecule has 0 aliphatic carbocycles. The zero-order valence-corrected chi connectivity index (χ0v) is 18.7. The number of aromatic nitrogens is 2. The van der Waals surface area contributed by atoms with Gasteiger partial charge in [0.15, 0.2) is 0 Å². The zero-order valence-electron chi connectivity index (χ0n) is 18.7. The summed E-state index contributed by atoms with van der Waals surface area (Å²) in [7, 11) is 1.84. The highest BCUT2D eigenvalue weighted by Gasteiger charge is 2.53. The lowest BCUT2D eigenvalue weighted by Crippen LogP contribution is -2.57. The fourth-order valence-corrected chi connectivity index (χ4v) is 5.49. The first kappa shape index (κ1) is 21.4. The van der Waals surface area contributed by atoms with Crippen molar-refractivity contribution in [3.63, 3.8) is 0 Å². The molecule has 2 fully saturated rings. The van der Waals surface area contributed by atoms with Crippen LogP contribution in [0.5, 0.6) is 0 Å². The fraction of sp³-hybridized carbons (Fsp3) is 0.346. The Bertz CT molecular complexity index is 1160. The number of amides is 2. The van der Waals surface area contributed by atoms with Crippen molar-refractivity contribution in [2.45, 2.75) is 37.3 Å². The highest BCUT2D eigenvalue weighted by molar-refractivity contribution is 5.96. The Kier molecular flexibility index (Phi) is 5.48. The molecule has 5 rings (SSSR count). The third kappa shape index (κ3) is 3.81. The van der Waals surface area contributed by atoms with E-state index in [1.807, 2.05) is 53.4 Å². The van der Waals surface area contributed by atoms with Gasteiger partial charge in [-0.2, -0.15) is 5.10 Å². The van der Waals surface area contributed by atoms with Gasteiger partial charge in [0.25, 0.3) is 5.91 Å².